The molecule has 7 nitrogen and oxygen atoms in total. The van der Waals surface area contributed by atoms with Crippen molar-refractivity contribution in [1.82, 2.24) is 10.2 Å². The molecule has 1 unspecified atom stereocenters. The highest BCUT2D eigenvalue weighted by Crippen LogP contribution is 2.37. The van der Waals surface area contributed by atoms with Crippen LogP contribution in [0.15, 0.2) is 72.8 Å². The van der Waals surface area contributed by atoms with Crippen molar-refractivity contribution in [2.45, 2.75) is 31.7 Å². The molecular weight excluding hydrogens is 442 g/mol. The van der Waals surface area contributed by atoms with E-state index in [4.69, 9.17) is 4.74 Å². The molecule has 178 valence electrons. The van der Waals surface area contributed by atoms with Crippen LogP contribution in [0.2, 0.25) is 0 Å². The lowest BCUT2D eigenvalue weighted by Crippen LogP contribution is -2.45. The molecule has 7 heteroatoms. The van der Waals surface area contributed by atoms with Crippen LogP contribution >= 0.6 is 0 Å². The number of aryl methyl sites for hydroxylation is 2. The van der Waals surface area contributed by atoms with E-state index in [1.165, 1.54) is 0 Å². The Bertz CT molecular complexity index is 1260. The molecule has 0 aromatic heterocycles. The van der Waals surface area contributed by atoms with E-state index in [9.17, 15) is 14.4 Å². The molecule has 1 fully saturated rings. The molecule has 2 aliphatic heterocycles. The van der Waals surface area contributed by atoms with E-state index in [1.54, 1.807) is 36.3 Å². The van der Waals surface area contributed by atoms with Crippen LogP contribution in [-0.4, -0.2) is 36.4 Å². The number of fused-ring (bicyclic) bond motifs is 2. The standard InChI is InChI=1S/C28H27N3O4/c1-3-28(21-14-16-22(35-2)17-15-21)26(33)30(27(34)29-28)18-25(32)31-23-10-6-4-8-19(23)12-13-20-9-5-7-11-24(20)31/h4-11,14-17H,3,12-13,18H2,1-2H3,(H,29,34). The Balaban J connectivity index is 1.48. The van der Waals surface area contributed by atoms with Crippen molar-refractivity contribution in [3.8, 4) is 5.75 Å². The Morgan fingerprint density at radius 3 is 2.03 bits per heavy atom. The third-order valence-corrected chi connectivity index (χ3v) is 6.96. The zero-order valence-corrected chi connectivity index (χ0v) is 19.8. The fraction of sp³-hybridized carbons (Fsp3) is 0.250. The number of nitrogens with one attached hydrogen (secondary N) is 1. The van der Waals surface area contributed by atoms with Gasteiger partial charge in [-0.2, -0.15) is 0 Å². The van der Waals surface area contributed by atoms with E-state index >= 15 is 0 Å². The minimum atomic E-state index is -1.22. The largest absolute Gasteiger partial charge is 0.497 e. The van der Waals surface area contributed by atoms with Crippen LogP contribution in [0.3, 0.4) is 0 Å². The number of ether oxygens (including phenoxy) is 1. The van der Waals surface area contributed by atoms with Crippen LogP contribution in [0.5, 0.6) is 5.75 Å². The van der Waals surface area contributed by atoms with Gasteiger partial charge < -0.3 is 10.1 Å². The lowest BCUT2D eigenvalue weighted by molar-refractivity contribution is -0.134. The van der Waals surface area contributed by atoms with E-state index in [0.29, 0.717) is 17.7 Å². The highest BCUT2D eigenvalue weighted by Gasteiger charge is 2.52. The third kappa shape index (κ3) is 3.73. The van der Waals surface area contributed by atoms with Gasteiger partial charge in [0.05, 0.1) is 18.5 Å². The molecule has 0 saturated carbocycles. The molecule has 0 bridgehead atoms. The second-order valence-electron chi connectivity index (χ2n) is 8.80. The Morgan fingerprint density at radius 2 is 1.49 bits per heavy atom. The highest BCUT2D eigenvalue weighted by molar-refractivity contribution is 6.12. The lowest BCUT2D eigenvalue weighted by Gasteiger charge is -2.28. The number of amides is 4. The smallest absolute Gasteiger partial charge is 0.325 e. The van der Waals surface area contributed by atoms with Crippen molar-refractivity contribution in [3.63, 3.8) is 0 Å². The van der Waals surface area contributed by atoms with Crippen molar-refractivity contribution in [1.29, 1.82) is 0 Å². The van der Waals surface area contributed by atoms with E-state index in [0.717, 1.165) is 40.2 Å². The first-order valence-electron chi connectivity index (χ1n) is 11.8. The van der Waals surface area contributed by atoms with Gasteiger partial charge >= 0.3 is 6.03 Å². The second kappa shape index (κ2) is 8.91. The number of para-hydroxylation sites is 2. The van der Waals surface area contributed by atoms with Crippen molar-refractivity contribution in [2.75, 3.05) is 18.6 Å². The SMILES string of the molecule is CCC1(c2ccc(OC)cc2)NC(=O)N(CC(=O)N2c3ccccc3CCc3ccccc32)C1=O. The number of rotatable bonds is 5. The minimum Gasteiger partial charge on any atom is -0.497 e. The molecule has 1 atom stereocenters. The van der Waals surface area contributed by atoms with Crippen molar-refractivity contribution >= 4 is 29.2 Å². The number of methoxy groups -OCH3 is 1. The van der Waals surface area contributed by atoms with Crippen molar-refractivity contribution < 1.29 is 19.1 Å². The number of benzene rings is 3. The number of urea groups is 1. The third-order valence-electron chi connectivity index (χ3n) is 6.96. The van der Waals surface area contributed by atoms with E-state index in [1.807, 2.05) is 55.5 Å². The summed E-state index contributed by atoms with van der Waals surface area (Å²) in [5.74, 6) is -0.112. The topological polar surface area (TPSA) is 79.0 Å². The summed E-state index contributed by atoms with van der Waals surface area (Å²) < 4.78 is 5.22. The van der Waals surface area contributed by atoms with E-state index in [-0.39, 0.29) is 12.5 Å². The first-order valence-corrected chi connectivity index (χ1v) is 11.8. The molecule has 2 heterocycles. The second-order valence-corrected chi connectivity index (χ2v) is 8.80. The zero-order valence-electron chi connectivity index (χ0n) is 19.8. The molecule has 5 rings (SSSR count). The van der Waals surface area contributed by atoms with E-state index < -0.39 is 17.5 Å². The number of hydrogen-bond donors (Lipinski definition) is 1. The summed E-state index contributed by atoms with van der Waals surface area (Å²) in [5.41, 5.74) is 3.10. The van der Waals surface area contributed by atoms with Gasteiger partial charge in [0.15, 0.2) is 0 Å². The maximum Gasteiger partial charge on any atom is 0.325 e. The van der Waals surface area contributed by atoms with Gasteiger partial charge in [0.1, 0.15) is 17.8 Å². The zero-order chi connectivity index (χ0) is 24.6. The summed E-state index contributed by atoms with van der Waals surface area (Å²) in [5, 5.41) is 2.86. The molecule has 0 spiro atoms. The number of carbonyl (C=O) groups excluding carboxylic acids is 3. The Hall–Kier alpha value is -4.13. The molecule has 0 aliphatic carbocycles. The van der Waals surface area contributed by atoms with Crippen LogP contribution in [-0.2, 0) is 28.0 Å². The summed E-state index contributed by atoms with van der Waals surface area (Å²) in [6.07, 6.45) is 1.96. The molecule has 3 aromatic carbocycles. The predicted octanol–water partition coefficient (Wildman–Crippen LogP) is 4.32. The average Bonchev–Trinajstić information content (AvgIpc) is 3.03. The van der Waals surface area contributed by atoms with Crippen LogP contribution in [0.4, 0.5) is 16.2 Å². The van der Waals surface area contributed by atoms with Gasteiger partial charge in [-0.3, -0.25) is 19.4 Å². The summed E-state index contributed by atoms with van der Waals surface area (Å²) in [6, 6.07) is 22.0. The predicted molar refractivity (Wildman–Crippen MR) is 133 cm³/mol. The van der Waals surface area contributed by atoms with Crippen molar-refractivity contribution in [3.05, 3.63) is 89.5 Å². The number of hydrogen-bond acceptors (Lipinski definition) is 4. The Labute approximate surface area is 204 Å². The molecule has 2 aliphatic rings. The molecular formula is C28H27N3O4. The van der Waals surface area contributed by atoms with Gasteiger partial charge in [0, 0.05) is 0 Å². The molecule has 35 heavy (non-hydrogen) atoms. The summed E-state index contributed by atoms with van der Waals surface area (Å²) in [6.45, 7) is 1.49. The quantitative estimate of drug-likeness (QED) is 0.565. The van der Waals surface area contributed by atoms with Crippen LogP contribution in [0, 0.1) is 0 Å². The van der Waals surface area contributed by atoms with Crippen LogP contribution in [0.25, 0.3) is 0 Å². The molecule has 3 aromatic rings. The first-order chi connectivity index (χ1) is 17.0. The van der Waals surface area contributed by atoms with Gasteiger partial charge in [-0.25, -0.2) is 4.79 Å². The van der Waals surface area contributed by atoms with E-state index in [2.05, 4.69) is 5.32 Å². The monoisotopic (exact) mass is 469 g/mol. The normalized spacial score (nSPS) is 19.0. The maximum absolute atomic E-state index is 13.8. The summed E-state index contributed by atoms with van der Waals surface area (Å²) in [4.78, 5) is 43.1. The number of nitrogens with zero attached hydrogens (tertiary/aromatic N) is 2. The van der Waals surface area contributed by atoms with Gasteiger partial charge in [0.2, 0.25) is 0 Å². The summed E-state index contributed by atoms with van der Waals surface area (Å²) >= 11 is 0. The fourth-order valence-electron chi connectivity index (χ4n) is 5.04. The number of imide groups is 1. The molecule has 1 N–H and O–H groups in total. The Kier molecular flexibility index (Phi) is 5.76. The first kappa shape index (κ1) is 22.7. The van der Waals surface area contributed by atoms with Gasteiger partial charge in [-0.05, 0) is 60.2 Å². The van der Waals surface area contributed by atoms with Gasteiger partial charge in [0.25, 0.3) is 11.8 Å². The summed E-state index contributed by atoms with van der Waals surface area (Å²) in [7, 11) is 1.57. The molecule has 4 amide bonds. The maximum atomic E-state index is 13.8. The fourth-order valence-corrected chi connectivity index (χ4v) is 5.04. The van der Waals surface area contributed by atoms with Crippen molar-refractivity contribution in [2.24, 2.45) is 0 Å². The number of anilines is 2. The lowest BCUT2D eigenvalue weighted by atomic mass is 9.87. The van der Waals surface area contributed by atoms with Crippen LogP contribution < -0.4 is 15.0 Å². The molecule has 0 radical (unpaired) electrons. The van der Waals surface area contributed by atoms with Gasteiger partial charge in [-0.1, -0.05) is 55.5 Å². The average molecular weight is 470 g/mol. The van der Waals surface area contributed by atoms with Gasteiger partial charge in [-0.15, -0.1) is 0 Å². The minimum absolute atomic E-state index is 0.336. The number of carbonyl (C=O) groups is 3. The van der Waals surface area contributed by atoms with Crippen LogP contribution in [0.1, 0.15) is 30.0 Å². The highest BCUT2D eigenvalue weighted by atomic mass is 16.5. The molecule has 1 saturated heterocycles. The Morgan fingerprint density at radius 1 is 0.914 bits per heavy atom.